The number of azo groups is 1. The van der Waals surface area contributed by atoms with E-state index in [1.807, 2.05) is 24.3 Å². The van der Waals surface area contributed by atoms with E-state index in [1.165, 1.54) is 0 Å². The largest absolute Gasteiger partial charge is 0.153 e. The van der Waals surface area contributed by atoms with Crippen LogP contribution in [0.4, 0.5) is 0 Å². The van der Waals surface area contributed by atoms with Crippen molar-refractivity contribution < 1.29 is 0 Å². The Labute approximate surface area is 117 Å². The zero-order valence-corrected chi connectivity index (χ0v) is 11.5. The van der Waals surface area contributed by atoms with Gasteiger partial charge in [0.2, 0.25) is 0 Å². The van der Waals surface area contributed by atoms with E-state index in [4.69, 9.17) is 23.2 Å². The fraction of sp³-hybridized carbons (Fsp3) is 0.429. The van der Waals surface area contributed by atoms with Gasteiger partial charge in [0.05, 0.1) is 21.1 Å². The number of hydrogen-bond acceptors (Lipinski definition) is 2. The molecule has 0 aromatic heterocycles. The zero-order chi connectivity index (χ0) is 12.6. The second-order valence-corrected chi connectivity index (χ2v) is 6.45. The van der Waals surface area contributed by atoms with Crippen molar-refractivity contribution in [3.05, 3.63) is 47.9 Å². The molecule has 3 rings (SSSR count). The highest BCUT2D eigenvalue weighted by atomic mass is 35.5. The molecular weight excluding hydrogens is 267 g/mol. The van der Waals surface area contributed by atoms with E-state index < -0.39 is 9.75 Å². The molecule has 0 saturated heterocycles. The molecule has 0 aromatic rings. The molecule has 1 aliphatic heterocycles. The molecule has 0 N–H and O–H groups in total. The summed E-state index contributed by atoms with van der Waals surface area (Å²) in [6.45, 7) is 0. The summed E-state index contributed by atoms with van der Waals surface area (Å²) in [4.78, 5) is -0.875. The second kappa shape index (κ2) is 4.36. The van der Waals surface area contributed by atoms with Crippen molar-refractivity contribution in [2.45, 2.75) is 35.4 Å². The number of alkyl halides is 2. The minimum absolute atomic E-state index is 0.438. The van der Waals surface area contributed by atoms with Crippen LogP contribution in [0.25, 0.3) is 0 Å². The lowest BCUT2D eigenvalue weighted by molar-refractivity contribution is 0.477. The minimum atomic E-state index is -0.438. The summed E-state index contributed by atoms with van der Waals surface area (Å²) in [5.41, 5.74) is 1.70. The molecule has 94 valence electrons. The first-order valence-electron chi connectivity index (χ1n) is 6.17. The monoisotopic (exact) mass is 280 g/mol. The molecule has 2 unspecified atom stereocenters. The summed E-state index contributed by atoms with van der Waals surface area (Å²) < 4.78 is 0. The maximum absolute atomic E-state index is 6.68. The second-order valence-electron chi connectivity index (χ2n) is 5.00. The SMILES string of the molecule is ClC12CC=CC=C1/N=N\C1=CC=CCC1(Cl)CC2. The van der Waals surface area contributed by atoms with Crippen molar-refractivity contribution in [2.75, 3.05) is 0 Å². The van der Waals surface area contributed by atoms with Crippen molar-refractivity contribution >= 4 is 23.2 Å². The Hall–Kier alpha value is -0.860. The van der Waals surface area contributed by atoms with Gasteiger partial charge in [0.25, 0.3) is 0 Å². The van der Waals surface area contributed by atoms with Gasteiger partial charge in [-0.2, -0.15) is 10.2 Å². The van der Waals surface area contributed by atoms with Crippen molar-refractivity contribution in [2.24, 2.45) is 10.2 Å². The van der Waals surface area contributed by atoms with Gasteiger partial charge in [-0.05, 0) is 37.8 Å². The molecule has 2 nitrogen and oxygen atoms in total. The van der Waals surface area contributed by atoms with Crippen molar-refractivity contribution in [1.82, 2.24) is 0 Å². The van der Waals surface area contributed by atoms with Crippen molar-refractivity contribution in [1.29, 1.82) is 0 Å². The number of hydrogen-bond donors (Lipinski definition) is 0. The van der Waals surface area contributed by atoms with Gasteiger partial charge < -0.3 is 0 Å². The molecule has 0 saturated carbocycles. The number of halogens is 2. The van der Waals surface area contributed by atoms with Gasteiger partial charge in [-0.25, -0.2) is 0 Å². The Bertz CT molecular complexity index is 470. The van der Waals surface area contributed by atoms with Crippen LogP contribution in [0.2, 0.25) is 0 Å². The van der Waals surface area contributed by atoms with Crippen LogP contribution < -0.4 is 0 Å². The van der Waals surface area contributed by atoms with Gasteiger partial charge in [0.15, 0.2) is 0 Å². The van der Waals surface area contributed by atoms with E-state index in [1.54, 1.807) is 0 Å². The third kappa shape index (κ3) is 1.98. The van der Waals surface area contributed by atoms with E-state index in [9.17, 15) is 0 Å². The van der Waals surface area contributed by atoms with Crippen LogP contribution in [0.1, 0.15) is 25.7 Å². The molecule has 0 radical (unpaired) electrons. The maximum atomic E-state index is 6.68. The maximum Gasteiger partial charge on any atom is 0.0919 e. The molecule has 0 aromatic carbocycles. The summed E-state index contributed by atoms with van der Waals surface area (Å²) in [6.07, 6.45) is 15.2. The number of nitrogens with zero attached hydrogens (tertiary/aromatic N) is 2. The molecule has 3 aliphatic rings. The molecule has 0 spiro atoms. The van der Waals surface area contributed by atoms with Gasteiger partial charge >= 0.3 is 0 Å². The van der Waals surface area contributed by atoms with E-state index >= 15 is 0 Å². The highest BCUT2D eigenvalue weighted by Crippen LogP contribution is 2.46. The molecular formula is C14H14Cl2N2. The molecule has 0 fully saturated rings. The fourth-order valence-electron chi connectivity index (χ4n) is 2.55. The quantitative estimate of drug-likeness (QED) is 0.566. The number of rotatable bonds is 0. The van der Waals surface area contributed by atoms with E-state index in [0.29, 0.717) is 0 Å². The molecule has 18 heavy (non-hydrogen) atoms. The zero-order valence-electron chi connectivity index (χ0n) is 9.94. The van der Waals surface area contributed by atoms with Crippen LogP contribution in [-0.2, 0) is 0 Å². The number of allylic oxidation sites excluding steroid dienone is 8. The third-order valence-corrected chi connectivity index (χ3v) is 4.84. The average molecular weight is 281 g/mol. The predicted octanol–water partition coefficient (Wildman–Crippen LogP) is 4.88. The van der Waals surface area contributed by atoms with Crippen LogP contribution in [0.15, 0.2) is 58.1 Å². The average Bonchev–Trinajstić information content (AvgIpc) is 2.36. The molecule has 4 heteroatoms. The smallest absolute Gasteiger partial charge is 0.0919 e. The van der Waals surface area contributed by atoms with E-state index in [-0.39, 0.29) is 0 Å². The lowest BCUT2D eigenvalue weighted by Crippen LogP contribution is -2.33. The summed E-state index contributed by atoms with van der Waals surface area (Å²) >= 11 is 13.4. The van der Waals surface area contributed by atoms with Gasteiger partial charge in [-0.3, -0.25) is 0 Å². The summed E-state index contributed by atoms with van der Waals surface area (Å²) in [7, 11) is 0. The van der Waals surface area contributed by atoms with Gasteiger partial charge in [0, 0.05) is 0 Å². The Morgan fingerprint density at radius 1 is 0.833 bits per heavy atom. The van der Waals surface area contributed by atoms with Crippen molar-refractivity contribution in [3.8, 4) is 0 Å². The Kier molecular flexibility index (Phi) is 2.95. The van der Waals surface area contributed by atoms with Crippen LogP contribution in [0.3, 0.4) is 0 Å². The number of fused-ring (bicyclic) bond motifs is 2. The normalized spacial score (nSPS) is 39.9. The Morgan fingerprint density at radius 3 is 1.72 bits per heavy atom. The summed E-state index contributed by atoms with van der Waals surface area (Å²) in [6, 6.07) is 0. The fourth-order valence-corrected chi connectivity index (χ4v) is 3.11. The lowest BCUT2D eigenvalue weighted by Gasteiger charge is -2.35. The topological polar surface area (TPSA) is 24.7 Å². The van der Waals surface area contributed by atoms with Gasteiger partial charge in [0.1, 0.15) is 0 Å². The molecule has 2 atom stereocenters. The highest BCUT2D eigenvalue weighted by molar-refractivity contribution is 6.27. The summed E-state index contributed by atoms with van der Waals surface area (Å²) in [5.74, 6) is 0. The standard InChI is InChI=1S/C14H14Cl2N2/c15-13-7-3-1-5-11(13)17-18-12-6-2-4-8-14(12,16)10-9-13/h1-6H,7-10H2/b18-17-. The Balaban J connectivity index is 2.02. The van der Waals surface area contributed by atoms with Gasteiger partial charge in [-0.15, -0.1) is 23.2 Å². The van der Waals surface area contributed by atoms with Crippen LogP contribution in [-0.4, -0.2) is 9.75 Å². The first-order chi connectivity index (χ1) is 8.62. The Morgan fingerprint density at radius 2 is 1.28 bits per heavy atom. The third-order valence-electron chi connectivity index (χ3n) is 3.76. The van der Waals surface area contributed by atoms with Crippen LogP contribution in [0, 0.1) is 0 Å². The molecule has 2 aliphatic carbocycles. The molecule has 0 bridgehead atoms. The minimum Gasteiger partial charge on any atom is -0.153 e. The highest BCUT2D eigenvalue weighted by Gasteiger charge is 2.41. The predicted molar refractivity (Wildman–Crippen MR) is 74.9 cm³/mol. The van der Waals surface area contributed by atoms with Gasteiger partial charge in [-0.1, -0.05) is 24.3 Å². The molecule has 1 heterocycles. The van der Waals surface area contributed by atoms with Crippen molar-refractivity contribution in [3.63, 3.8) is 0 Å². The summed E-state index contributed by atoms with van der Waals surface area (Å²) in [5, 5.41) is 8.65. The lowest BCUT2D eigenvalue weighted by atomic mass is 9.83. The first kappa shape index (κ1) is 12.2. The molecule has 0 amide bonds. The first-order valence-corrected chi connectivity index (χ1v) is 6.92. The van der Waals surface area contributed by atoms with E-state index in [0.717, 1.165) is 37.1 Å². The van der Waals surface area contributed by atoms with Crippen LogP contribution in [0.5, 0.6) is 0 Å². The van der Waals surface area contributed by atoms with E-state index in [2.05, 4.69) is 22.4 Å². The van der Waals surface area contributed by atoms with Crippen LogP contribution >= 0.6 is 23.2 Å².